The first-order valence-corrected chi connectivity index (χ1v) is 10.9. The summed E-state index contributed by atoms with van der Waals surface area (Å²) >= 11 is 0. The zero-order valence-corrected chi connectivity index (χ0v) is 16.7. The van der Waals surface area contributed by atoms with Crippen molar-refractivity contribution in [3.05, 3.63) is 103 Å². The molecule has 144 valence electrons. The summed E-state index contributed by atoms with van der Waals surface area (Å²) in [5.74, 6) is 0. The molecule has 1 aromatic heterocycles. The quantitative estimate of drug-likeness (QED) is 0.397. The molecule has 4 nitrogen and oxygen atoms in total. The van der Waals surface area contributed by atoms with E-state index in [0.29, 0.717) is 5.69 Å². The van der Waals surface area contributed by atoms with E-state index in [9.17, 15) is 13.7 Å². The fourth-order valence-corrected chi connectivity index (χ4v) is 5.55. The standard InChI is InChI=1S/C25H16N2O2S/c26-17-18-9-1-7-15-24(18)30(28,29)25-16-8-6-14-23(25)27-21-12-4-2-10-19(21)20-11-3-5-13-22(20)27/h1-16H. The molecule has 0 saturated heterocycles. The highest BCUT2D eigenvalue weighted by atomic mass is 32.2. The van der Waals surface area contributed by atoms with Gasteiger partial charge in [-0.15, -0.1) is 0 Å². The molecule has 5 rings (SSSR count). The third-order valence-corrected chi connectivity index (χ3v) is 7.13. The molecule has 0 aliphatic rings. The van der Waals surface area contributed by atoms with Crippen molar-refractivity contribution < 1.29 is 8.42 Å². The predicted molar refractivity (Wildman–Crippen MR) is 117 cm³/mol. The molecule has 5 aromatic rings. The van der Waals surface area contributed by atoms with Crippen LogP contribution in [0.5, 0.6) is 0 Å². The zero-order chi connectivity index (χ0) is 20.7. The summed E-state index contributed by atoms with van der Waals surface area (Å²) in [6, 6.07) is 31.1. The third kappa shape index (κ3) is 2.62. The van der Waals surface area contributed by atoms with Crippen LogP contribution in [0.1, 0.15) is 5.56 Å². The van der Waals surface area contributed by atoms with Gasteiger partial charge in [0.05, 0.1) is 32.1 Å². The fraction of sp³-hybridized carbons (Fsp3) is 0. The van der Waals surface area contributed by atoms with E-state index in [1.807, 2.05) is 65.2 Å². The van der Waals surface area contributed by atoms with Gasteiger partial charge in [-0.1, -0.05) is 60.7 Å². The topological polar surface area (TPSA) is 62.9 Å². The Bertz CT molecular complexity index is 1520. The van der Waals surface area contributed by atoms with Crippen LogP contribution in [0.3, 0.4) is 0 Å². The molecule has 0 aliphatic heterocycles. The van der Waals surface area contributed by atoms with E-state index in [1.165, 1.54) is 12.1 Å². The monoisotopic (exact) mass is 408 g/mol. The lowest BCUT2D eigenvalue weighted by Crippen LogP contribution is -2.09. The van der Waals surface area contributed by atoms with Crippen LogP contribution in [0.4, 0.5) is 0 Å². The van der Waals surface area contributed by atoms with Gasteiger partial charge in [0.1, 0.15) is 6.07 Å². The molecule has 0 bridgehead atoms. The molecule has 0 spiro atoms. The van der Waals surface area contributed by atoms with Crippen molar-refractivity contribution in [3.8, 4) is 11.8 Å². The molecule has 0 fully saturated rings. The Labute approximate surface area is 174 Å². The van der Waals surface area contributed by atoms with Gasteiger partial charge in [0, 0.05) is 10.8 Å². The van der Waals surface area contributed by atoms with E-state index in [-0.39, 0.29) is 15.4 Å². The third-order valence-electron chi connectivity index (χ3n) is 5.27. The number of hydrogen-bond donors (Lipinski definition) is 0. The van der Waals surface area contributed by atoms with Crippen molar-refractivity contribution >= 4 is 31.6 Å². The van der Waals surface area contributed by atoms with E-state index in [4.69, 9.17) is 0 Å². The summed E-state index contributed by atoms with van der Waals surface area (Å²) in [5, 5.41) is 11.6. The van der Waals surface area contributed by atoms with E-state index >= 15 is 0 Å². The minimum absolute atomic E-state index is 0.0146. The van der Waals surface area contributed by atoms with Gasteiger partial charge in [-0.2, -0.15) is 5.26 Å². The molecule has 0 amide bonds. The molecular weight excluding hydrogens is 392 g/mol. The summed E-state index contributed by atoms with van der Waals surface area (Å²) in [5.41, 5.74) is 2.54. The van der Waals surface area contributed by atoms with Crippen molar-refractivity contribution in [3.63, 3.8) is 0 Å². The van der Waals surface area contributed by atoms with Crippen LogP contribution in [0.2, 0.25) is 0 Å². The summed E-state index contributed by atoms with van der Waals surface area (Å²) in [6.45, 7) is 0. The van der Waals surface area contributed by atoms with Gasteiger partial charge < -0.3 is 4.57 Å². The molecule has 4 aromatic carbocycles. The minimum Gasteiger partial charge on any atom is -0.308 e. The summed E-state index contributed by atoms with van der Waals surface area (Å²) in [4.78, 5) is 0.180. The van der Waals surface area contributed by atoms with Crippen LogP contribution in [0.15, 0.2) is 107 Å². The Balaban J connectivity index is 1.88. The first kappa shape index (κ1) is 18.2. The number of benzene rings is 4. The predicted octanol–water partition coefficient (Wildman–Crippen LogP) is 5.49. The van der Waals surface area contributed by atoms with Crippen molar-refractivity contribution in [2.24, 2.45) is 0 Å². The van der Waals surface area contributed by atoms with Crippen LogP contribution >= 0.6 is 0 Å². The van der Waals surface area contributed by atoms with Gasteiger partial charge in [-0.3, -0.25) is 0 Å². The van der Waals surface area contributed by atoms with Crippen molar-refractivity contribution in [1.29, 1.82) is 5.26 Å². The van der Waals surface area contributed by atoms with Gasteiger partial charge in [0.15, 0.2) is 0 Å². The van der Waals surface area contributed by atoms with Crippen LogP contribution in [0, 0.1) is 11.3 Å². The van der Waals surface area contributed by atoms with Crippen LogP contribution < -0.4 is 0 Å². The largest absolute Gasteiger partial charge is 0.308 e. The molecule has 0 aliphatic carbocycles. The first-order chi connectivity index (χ1) is 14.6. The maximum Gasteiger partial charge on any atom is 0.209 e. The normalized spacial score (nSPS) is 11.6. The lowest BCUT2D eigenvalue weighted by atomic mass is 10.2. The maximum atomic E-state index is 13.6. The first-order valence-electron chi connectivity index (χ1n) is 9.45. The van der Waals surface area contributed by atoms with Gasteiger partial charge in [0.25, 0.3) is 0 Å². The van der Waals surface area contributed by atoms with Crippen molar-refractivity contribution in [1.82, 2.24) is 4.57 Å². The highest BCUT2D eigenvalue weighted by Gasteiger charge is 2.26. The average molecular weight is 408 g/mol. The molecule has 1 heterocycles. The van der Waals surface area contributed by atoms with Gasteiger partial charge in [-0.05, 0) is 36.4 Å². The van der Waals surface area contributed by atoms with Gasteiger partial charge >= 0.3 is 0 Å². The number of nitriles is 1. The number of rotatable bonds is 3. The summed E-state index contributed by atoms with van der Waals surface area (Å²) in [7, 11) is -3.92. The Hall–Kier alpha value is -3.88. The van der Waals surface area contributed by atoms with Gasteiger partial charge in [-0.25, -0.2) is 8.42 Å². The maximum absolute atomic E-state index is 13.6. The fourth-order valence-electron chi connectivity index (χ4n) is 3.96. The molecular formula is C25H16N2O2S. The highest BCUT2D eigenvalue weighted by molar-refractivity contribution is 7.91. The number of aromatic nitrogens is 1. The molecule has 0 radical (unpaired) electrons. The Morgan fingerprint density at radius 1 is 0.633 bits per heavy atom. The second kappa shape index (κ2) is 6.87. The SMILES string of the molecule is N#Cc1ccccc1S(=O)(=O)c1ccccc1-n1c2ccccc2c2ccccc21. The Kier molecular flexibility index (Phi) is 4.16. The second-order valence-electron chi connectivity index (χ2n) is 6.95. The number of nitrogens with zero attached hydrogens (tertiary/aromatic N) is 2. The smallest absolute Gasteiger partial charge is 0.209 e. The Morgan fingerprint density at radius 2 is 1.13 bits per heavy atom. The second-order valence-corrected chi connectivity index (χ2v) is 8.84. The van der Waals surface area contributed by atoms with Gasteiger partial charge in [0.2, 0.25) is 9.84 Å². The molecule has 0 unspecified atom stereocenters. The number of fused-ring (bicyclic) bond motifs is 3. The van der Waals surface area contributed by atoms with E-state index in [0.717, 1.165) is 21.8 Å². The van der Waals surface area contributed by atoms with Crippen LogP contribution in [0.25, 0.3) is 27.5 Å². The van der Waals surface area contributed by atoms with E-state index < -0.39 is 9.84 Å². The van der Waals surface area contributed by atoms with Crippen LogP contribution in [-0.4, -0.2) is 13.0 Å². The van der Waals surface area contributed by atoms with Crippen molar-refractivity contribution in [2.45, 2.75) is 9.79 Å². The molecule has 0 N–H and O–H groups in total. The minimum atomic E-state index is -3.92. The number of sulfone groups is 1. The lowest BCUT2D eigenvalue weighted by molar-refractivity contribution is 0.595. The molecule has 30 heavy (non-hydrogen) atoms. The zero-order valence-electron chi connectivity index (χ0n) is 15.9. The highest BCUT2D eigenvalue weighted by Crippen LogP contribution is 2.35. The molecule has 0 atom stereocenters. The Morgan fingerprint density at radius 3 is 1.77 bits per heavy atom. The summed E-state index contributed by atoms with van der Waals surface area (Å²) < 4.78 is 29.3. The molecule has 0 saturated carbocycles. The number of para-hydroxylation sites is 3. The van der Waals surface area contributed by atoms with Crippen molar-refractivity contribution in [2.75, 3.05) is 0 Å². The van der Waals surface area contributed by atoms with Crippen LogP contribution in [-0.2, 0) is 9.84 Å². The van der Waals surface area contributed by atoms with E-state index in [2.05, 4.69) is 0 Å². The van der Waals surface area contributed by atoms with E-state index in [1.54, 1.807) is 30.3 Å². The number of hydrogen-bond acceptors (Lipinski definition) is 3. The lowest BCUT2D eigenvalue weighted by Gasteiger charge is -2.14. The molecule has 5 heteroatoms. The summed E-state index contributed by atoms with van der Waals surface area (Å²) in [6.07, 6.45) is 0. The average Bonchev–Trinajstić information content (AvgIpc) is 3.13.